The lowest BCUT2D eigenvalue weighted by molar-refractivity contribution is 0.0990. The Hall–Kier alpha value is -2.34. The molecular formula is C12H9ClN3O3. The molecule has 0 aliphatic rings. The maximum atomic E-state index is 10.9. The van der Waals surface area contributed by atoms with Crippen LogP contribution in [0.25, 0.3) is 0 Å². The lowest BCUT2D eigenvalue weighted by Gasteiger charge is -2.07. The predicted octanol–water partition coefficient (Wildman–Crippen LogP) is 1.83. The summed E-state index contributed by atoms with van der Waals surface area (Å²) in [5, 5.41) is -0.0494. The zero-order valence-electron chi connectivity index (χ0n) is 9.88. The summed E-state index contributed by atoms with van der Waals surface area (Å²) in [7, 11) is 1.54. The Bertz CT molecular complexity index is 619. The normalized spacial score (nSPS) is 10.0. The molecule has 0 fully saturated rings. The monoisotopic (exact) mass is 278 g/mol. The first-order chi connectivity index (χ1) is 9.10. The van der Waals surface area contributed by atoms with Gasteiger partial charge in [0.15, 0.2) is 10.9 Å². The van der Waals surface area contributed by atoms with Gasteiger partial charge in [-0.1, -0.05) is 17.7 Å². The molecule has 0 saturated carbocycles. The van der Waals surface area contributed by atoms with Crippen molar-refractivity contribution in [2.24, 2.45) is 5.73 Å². The van der Waals surface area contributed by atoms with Gasteiger partial charge in [-0.2, -0.15) is 0 Å². The number of methoxy groups -OCH3 is 1. The molecule has 2 rings (SSSR count). The van der Waals surface area contributed by atoms with Crippen LogP contribution in [-0.2, 0) is 0 Å². The number of amides is 1. The van der Waals surface area contributed by atoms with Crippen LogP contribution in [0, 0.1) is 6.20 Å². The maximum absolute atomic E-state index is 10.9. The molecule has 1 amide bonds. The Kier molecular flexibility index (Phi) is 3.82. The molecular weight excluding hydrogens is 270 g/mol. The minimum absolute atomic E-state index is 0.0494. The van der Waals surface area contributed by atoms with E-state index in [4.69, 9.17) is 26.8 Å². The van der Waals surface area contributed by atoms with Crippen LogP contribution in [0.15, 0.2) is 24.3 Å². The number of primary amides is 1. The van der Waals surface area contributed by atoms with Gasteiger partial charge in [-0.3, -0.25) is 4.79 Å². The van der Waals surface area contributed by atoms with Crippen molar-refractivity contribution in [1.82, 2.24) is 9.97 Å². The number of benzene rings is 1. The van der Waals surface area contributed by atoms with Crippen LogP contribution in [0.3, 0.4) is 0 Å². The molecule has 7 heteroatoms. The summed E-state index contributed by atoms with van der Waals surface area (Å²) in [6.07, 6.45) is 2.46. The molecule has 6 nitrogen and oxygen atoms in total. The first kappa shape index (κ1) is 13.1. The SMILES string of the molecule is COc1cccc(Oc2[c]nc(C(N)=O)nc2Cl)c1. The first-order valence-corrected chi connectivity index (χ1v) is 5.55. The van der Waals surface area contributed by atoms with Gasteiger partial charge in [0.25, 0.3) is 5.91 Å². The largest absolute Gasteiger partial charge is 0.497 e. The van der Waals surface area contributed by atoms with Crippen molar-refractivity contribution in [3.05, 3.63) is 41.4 Å². The van der Waals surface area contributed by atoms with E-state index in [1.807, 2.05) is 0 Å². The number of hydrogen-bond acceptors (Lipinski definition) is 5. The number of nitrogens with two attached hydrogens (primary N) is 1. The fourth-order valence-corrected chi connectivity index (χ4v) is 1.44. The Morgan fingerprint density at radius 3 is 2.79 bits per heavy atom. The number of carbonyl (C=O) groups is 1. The van der Waals surface area contributed by atoms with Crippen LogP contribution in [-0.4, -0.2) is 23.0 Å². The van der Waals surface area contributed by atoms with Gasteiger partial charge in [-0.15, -0.1) is 0 Å². The van der Waals surface area contributed by atoms with Gasteiger partial charge in [0.1, 0.15) is 17.7 Å². The van der Waals surface area contributed by atoms with Gasteiger partial charge in [0, 0.05) is 6.07 Å². The van der Waals surface area contributed by atoms with E-state index in [-0.39, 0.29) is 16.7 Å². The molecule has 0 saturated heterocycles. The number of aromatic nitrogens is 2. The van der Waals surface area contributed by atoms with E-state index in [0.717, 1.165) is 0 Å². The summed E-state index contributed by atoms with van der Waals surface area (Å²) in [6, 6.07) is 6.88. The van der Waals surface area contributed by atoms with Crippen molar-refractivity contribution in [2.45, 2.75) is 0 Å². The molecule has 0 unspecified atom stereocenters. The zero-order chi connectivity index (χ0) is 13.8. The van der Waals surface area contributed by atoms with Crippen LogP contribution in [0.5, 0.6) is 17.2 Å². The van der Waals surface area contributed by atoms with Crippen molar-refractivity contribution in [3.8, 4) is 17.2 Å². The summed E-state index contributed by atoms with van der Waals surface area (Å²) in [6.45, 7) is 0. The summed E-state index contributed by atoms with van der Waals surface area (Å²) in [4.78, 5) is 18.2. The van der Waals surface area contributed by atoms with E-state index >= 15 is 0 Å². The van der Waals surface area contributed by atoms with E-state index in [2.05, 4.69) is 16.2 Å². The highest BCUT2D eigenvalue weighted by atomic mass is 35.5. The van der Waals surface area contributed by atoms with Crippen molar-refractivity contribution in [1.29, 1.82) is 0 Å². The van der Waals surface area contributed by atoms with E-state index in [0.29, 0.717) is 11.5 Å². The van der Waals surface area contributed by atoms with Crippen LogP contribution < -0.4 is 15.2 Å². The van der Waals surface area contributed by atoms with Gasteiger partial charge >= 0.3 is 0 Å². The Morgan fingerprint density at radius 2 is 2.16 bits per heavy atom. The standard InChI is InChI=1S/C12H9ClN3O3/c1-18-7-3-2-4-8(5-7)19-9-6-15-12(11(14)17)16-10(9)13/h2-5H,1H3,(H2,14,17). The minimum atomic E-state index is -0.786. The van der Waals surface area contributed by atoms with Crippen molar-refractivity contribution >= 4 is 17.5 Å². The molecule has 0 aliphatic heterocycles. The van der Waals surface area contributed by atoms with Crippen molar-refractivity contribution in [3.63, 3.8) is 0 Å². The van der Waals surface area contributed by atoms with Gasteiger partial charge in [0.05, 0.1) is 7.11 Å². The molecule has 1 heterocycles. The van der Waals surface area contributed by atoms with Gasteiger partial charge in [-0.05, 0) is 12.1 Å². The van der Waals surface area contributed by atoms with Gasteiger partial charge < -0.3 is 15.2 Å². The second kappa shape index (κ2) is 5.53. The molecule has 1 aromatic carbocycles. The fourth-order valence-electron chi connectivity index (χ4n) is 1.28. The second-order valence-electron chi connectivity index (χ2n) is 3.42. The van der Waals surface area contributed by atoms with E-state index in [9.17, 15) is 4.79 Å². The molecule has 1 radical (unpaired) electrons. The Labute approximate surface area is 114 Å². The number of carbonyl (C=O) groups excluding carboxylic acids is 1. The number of ether oxygens (including phenoxy) is 2. The number of rotatable bonds is 4. The lowest BCUT2D eigenvalue weighted by Crippen LogP contribution is -2.15. The van der Waals surface area contributed by atoms with E-state index < -0.39 is 5.91 Å². The topological polar surface area (TPSA) is 87.3 Å². The summed E-state index contributed by atoms with van der Waals surface area (Å²) < 4.78 is 10.5. The highest BCUT2D eigenvalue weighted by molar-refractivity contribution is 6.30. The Morgan fingerprint density at radius 1 is 1.42 bits per heavy atom. The number of nitrogens with zero attached hydrogens (tertiary/aromatic N) is 2. The summed E-state index contributed by atoms with van der Waals surface area (Å²) in [5.41, 5.74) is 5.02. The molecule has 97 valence electrons. The molecule has 0 bridgehead atoms. The molecule has 1 aromatic heterocycles. The van der Waals surface area contributed by atoms with Crippen LogP contribution in [0.2, 0.25) is 5.15 Å². The molecule has 2 N–H and O–H groups in total. The van der Waals surface area contributed by atoms with Crippen LogP contribution >= 0.6 is 11.6 Å². The fraction of sp³-hybridized carbons (Fsp3) is 0.0833. The summed E-state index contributed by atoms with van der Waals surface area (Å²) >= 11 is 5.85. The minimum Gasteiger partial charge on any atom is -0.497 e. The van der Waals surface area contributed by atoms with Crippen molar-refractivity contribution in [2.75, 3.05) is 7.11 Å². The molecule has 2 aromatic rings. The third kappa shape index (κ3) is 3.11. The second-order valence-corrected chi connectivity index (χ2v) is 3.78. The van der Waals surface area contributed by atoms with Crippen LogP contribution in [0.4, 0.5) is 0 Å². The van der Waals surface area contributed by atoms with E-state index in [1.54, 1.807) is 31.4 Å². The van der Waals surface area contributed by atoms with Crippen molar-refractivity contribution < 1.29 is 14.3 Å². The zero-order valence-corrected chi connectivity index (χ0v) is 10.6. The highest BCUT2D eigenvalue weighted by Crippen LogP contribution is 2.28. The van der Waals surface area contributed by atoms with E-state index in [1.165, 1.54) is 0 Å². The molecule has 19 heavy (non-hydrogen) atoms. The number of halogens is 1. The number of hydrogen-bond donors (Lipinski definition) is 1. The van der Waals surface area contributed by atoms with Gasteiger partial charge in [-0.25, -0.2) is 9.97 Å². The van der Waals surface area contributed by atoms with Crippen LogP contribution in [0.1, 0.15) is 10.6 Å². The third-order valence-corrected chi connectivity index (χ3v) is 2.39. The molecule has 0 spiro atoms. The molecule has 0 aliphatic carbocycles. The lowest BCUT2D eigenvalue weighted by atomic mass is 10.3. The Balaban J connectivity index is 2.25. The average Bonchev–Trinajstić information content (AvgIpc) is 2.41. The smallest absolute Gasteiger partial charge is 0.286 e. The molecule has 0 atom stereocenters. The summed E-state index contributed by atoms with van der Waals surface area (Å²) in [5.74, 6) is 0.199. The quantitative estimate of drug-likeness (QED) is 0.862. The third-order valence-electron chi connectivity index (χ3n) is 2.14. The predicted molar refractivity (Wildman–Crippen MR) is 67.5 cm³/mol. The maximum Gasteiger partial charge on any atom is 0.286 e. The average molecular weight is 279 g/mol. The highest BCUT2D eigenvalue weighted by Gasteiger charge is 2.11. The van der Waals surface area contributed by atoms with Gasteiger partial charge in [0.2, 0.25) is 5.82 Å². The first-order valence-electron chi connectivity index (χ1n) is 5.17.